The third-order valence-electron chi connectivity index (χ3n) is 4.24. The van der Waals surface area contributed by atoms with E-state index in [1.165, 1.54) is 5.56 Å². The Morgan fingerprint density at radius 3 is 2.70 bits per heavy atom. The molecular formula is C19H22N2O2. The molecule has 0 saturated carbocycles. The van der Waals surface area contributed by atoms with Crippen molar-refractivity contribution in [3.8, 4) is 0 Å². The van der Waals surface area contributed by atoms with Crippen LogP contribution < -0.4 is 5.32 Å². The van der Waals surface area contributed by atoms with Gasteiger partial charge >= 0.3 is 5.97 Å². The number of carboxylic acids is 1. The van der Waals surface area contributed by atoms with Crippen molar-refractivity contribution in [2.45, 2.75) is 19.0 Å². The third kappa shape index (κ3) is 4.41. The second kappa shape index (κ2) is 7.40. The first-order valence-electron chi connectivity index (χ1n) is 8.02. The number of aromatic carboxylic acids is 1. The highest BCUT2D eigenvalue weighted by atomic mass is 16.4. The summed E-state index contributed by atoms with van der Waals surface area (Å²) in [5.74, 6) is -0.867. The molecule has 120 valence electrons. The maximum Gasteiger partial charge on any atom is 0.335 e. The Kier molecular flexibility index (Phi) is 5.05. The Morgan fingerprint density at radius 1 is 1.13 bits per heavy atom. The highest BCUT2D eigenvalue weighted by Crippen LogP contribution is 2.12. The standard InChI is InChI=1S/C19H22N2O2/c22-19(23)17-8-4-7-16(11-17)13-21-10-9-20-18(14-21)12-15-5-2-1-3-6-15/h1-8,11,18,20H,9-10,12-14H2,(H,22,23). The molecule has 0 radical (unpaired) electrons. The van der Waals surface area contributed by atoms with Gasteiger partial charge in [-0.05, 0) is 29.7 Å². The summed E-state index contributed by atoms with van der Waals surface area (Å²) in [7, 11) is 0. The molecule has 23 heavy (non-hydrogen) atoms. The van der Waals surface area contributed by atoms with Crippen LogP contribution in [0, 0.1) is 0 Å². The number of rotatable bonds is 5. The number of nitrogens with one attached hydrogen (secondary N) is 1. The molecule has 0 spiro atoms. The molecule has 1 saturated heterocycles. The number of nitrogens with zero attached hydrogens (tertiary/aromatic N) is 1. The van der Waals surface area contributed by atoms with E-state index in [-0.39, 0.29) is 0 Å². The van der Waals surface area contributed by atoms with Crippen LogP contribution in [0.5, 0.6) is 0 Å². The zero-order chi connectivity index (χ0) is 16.1. The predicted molar refractivity (Wildman–Crippen MR) is 90.6 cm³/mol. The summed E-state index contributed by atoms with van der Waals surface area (Å²) in [5.41, 5.74) is 2.77. The van der Waals surface area contributed by atoms with Crippen LogP contribution in [-0.4, -0.2) is 41.7 Å². The fourth-order valence-electron chi connectivity index (χ4n) is 3.13. The Morgan fingerprint density at radius 2 is 1.91 bits per heavy atom. The van der Waals surface area contributed by atoms with Gasteiger partial charge in [0.1, 0.15) is 0 Å². The molecule has 2 aromatic rings. The van der Waals surface area contributed by atoms with Crippen molar-refractivity contribution in [3.63, 3.8) is 0 Å². The van der Waals surface area contributed by atoms with Gasteiger partial charge in [0.25, 0.3) is 0 Å². The Hall–Kier alpha value is -2.17. The molecule has 0 amide bonds. The molecule has 1 unspecified atom stereocenters. The van der Waals surface area contributed by atoms with Gasteiger partial charge in [-0.1, -0.05) is 42.5 Å². The molecule has 1 aliphatic heterocycles. The molecule has 4 nitrogen and oxygen atoms in total. The fourth-order valence-corrected chi connectivity index (χ4v) is 3.13. The first kappa shape index (κ1) is 15.7. The van der Waals surface area contributed by atoms with Gasteiger partial charge in [0.2, 0.25) is 0 Å². The Bertz CT molecular complexity index is 657. The largest absolute Gasteiger partial charge is 0.478 e. The summed E-state index contributed by atoms with van der Waals surface area (Å²) in [4.78, 5) is 13.5. The minimum absolute atomic E-state index is 0.360. The second-order valence-corrected chi connectivity index (χ2v) is 6.08. The highest BCUT2D eigenvalue weighted by Gasteiger charge is 2.19. The minimum atomic E-state index is -0.867. The molecule has 0 aromatic heterocycles. The normalized spacial score (nSPS) is 18.7. The van der Waals surface area contributed by atoms with Crippen molar-refractivity contribution < 1.29 is 9.90 Å². The number of hydrogen-bond donors (Lipinski definition) is 2. The zero-order valence-electron chi connectivity index (χ0n) is 13.1. The summed E-state index contributed by atoms with van der Waals surface area (Å²) < 4.78 is 0. The van der Waals surface area contributed by atoms with E-state index in [1.54, 1.807) is 12.1 Å². The lowest BCUT2D eigenvalue weighted by Gasteiger charge is -2.34. The van der Waals surface area contributed by atoms with Gasteiger partial charge in [0.05, 0.1) is 5.56 Å². The first-order valence-corrected chi connectivity index (χ1v) is 8.02. The van der Waals surface area contributed by atoms with Crippen LogP contribution in [0.2, 0.25) is 0 Å². The van der Waals surface area contributed by atoms with Crippen LogP contribution in [0.25, 0.3) is 0 Å². The van der Waals surface area contributed by atoms with Gasteiger partial charge in [0, 0.05) is 32.2 Å². The lowest BCUT2D eigenvalue weighted by molar-refractivity contribution is 0.0696. The van der Waals surface area contributed by atoms with Gasteiger partial charge in [-0.3, -0.25) is 4.90 Å². The van der Waals surface area contributed by atoms with Gasteiger partial charge < -0.3 is 10.4 Å². The topological polar surface area (TPSA) is 52.6 Å². The van der Waals surface area contributed by atoms with E-state index in [2.05, 4.69) is 34.5 Å². The molecule has 3 rings (SSSR count). The van der Waals surface area contributed by atoms with Crippen molar-refractivity contribution in [2.75, 3.05) is 19.6 Å². The van der Waals surface area contributed by atoms with E-state index >= 15 is 0 Å². The number of carbonyl (C=O) groups is 1. The van der Waals surface area contributed by atoms with Crippen LogP contribution in [0.4, 0.5) is 0 Å². The average molecular weight is 310 g/mol. The average Bonchev–Trinajstić information content (AvgIpc) is 2.56. The van der Waals surface area contributed by atoms with Gasteiger partial charge in [-0.15, -0.1) is 0 Å². The van der Waals surface area contributed by atoms with E-state index in [4.69, 9.17) is 5.11 Å². The lowest BCUT2D eigenvalue weighted by atomic mass is 10.0. The molecule has 1 fully saturated rings. The summed E-state index contributed by atoms with van der Waals surface area (Å²) in [6, 6.07) is 18.2. The molecule has 1 atom stereocenters. The van der Waals surface area contributed by atoms with Gasteiger partial charge in [-0.2, -0.15) is 0 Å². The molecule has 1 aliphatic rings. The number of carboxylic acid groups (broad SMARTS) is 1. The maximum absolute atomic E-state index is 11.1. The number of benzene rings is 2. The maximum atomic E-state index is 11.1. The van der Waals surface area contributed by atoms with Crippen LogP contribution in [0.15, 0.2) is 54.6 Å². The summed E-state index contributed by atoms with van der Waals surface area (Å²) >= 11 is 0. The van der Waals surface area contributed by atoms with Crippen molar-refractivity contribution in [1.29, 1.82) is 0 Å². The van der Waals surface area contributed by atoms with E-state index in [9.17, 15) is 4.79 Å². The number of hydrogen-bond acceptors (Lipinski definition) is 3. The molecular weight excluding hydrogens is 288 g/mol. The molecule has 2 N–H and O–H groups in total. The van der Waals surface area contributed by atoms with Crippen molar-refractivity contribution in [3.05, 3.63) is 71.3 Å². The molecule has 1 heterocycles. The second-order valence-electron chi connectivity index (χ2n) is 6.08. The van der Waals surface area contributed by atoms with Crippen molar-refractivity contribution in [2.24, 2.45) is 0 Å². The van der Waals surface area contributed by atoms with Crippen molar-refractivity contribution >= 4 is 5.97 Å². The Balaban J connectivity index is 1.60. The summed E-state index contributed by atoms with van der Waals surface area (Å²) in [6.07, 6.45) is 1.02. The zero-order valence-corrected chi connectivity index (χ0v) is 13.1. The van der Waals surface area contributed by atoms with E-state index in [0.717, 1.165) is 38.2 Å². The molecule has 4 heteroatoms. The van der Waals surface area contributed by atoms with E-state index in [0.29, 0.717) is 11.6 Å². The monoisotopic (exact) mass is 310 g/mol. The van der Waals surface area contributed by atoms with Crippen LogP contribution >= 0.6 is 0 Å². The summed E-state index contributed by atoms with van der Waals surface area (Å²) in [5, 5.41) is 12.7. The molecule has 0 bridgehead atoms. The van der Waals surface area contributed by atoms with Crippen LogP contribution in [0.3, 0.4) is 0 Å². The lowest BCUT2D eigenvalue weighted by Crippen LogP contribution is -2.51. The SMILES string of the molecule is O=C(O)c1cccc(CN2CCNC(Cc3ccccc3)C2)c1. The first-order chi connectivity index (χ1) is 11.2. The van der Waals surface area contributed by atoms with Crippen LogP contribution in [0.1, 0.15) is 21.5 Å². The van der Waals surface area contributed by atoms with Gasteiger partial charge in [-0.25, -0.2) is 4.79 Å². The molecule has 2 aromatic carbocycles. The minimum Gasteiger partial charge on any atom is -0.478 e. The van der Waals surface area contributed by atoms with Crippen LogP contribution in [-0.2, 0) is 13.0 Å². The van der Waals surface area contributed by atoms with Crippen molar-refractivity contribution in [1.82, 2.24) is 10.2 Å². The third-order valence-corrected chi connectivity index (χ3v) is 4.24. The van der Waals surface area contributed by atoms with E-state index in [1.807, 2.05) is 18.2 Å². The fraction of sp³-hybridized carbons (Fsp3) is 0.316. The molecule has 0 aliphatic carbocycles. The Labute approximate surface area is 136 Å². The smallest absolute Gasteiger partial charge is 0.335 e. The summed E-state index contributed by atoms with van der Waals surface area (Å²) in [6.45, 7) is 3.74. The van der Waals surface area contributed by atoms with E-state index < -0.39 is 5.97 Å². The predicted octanol–water partition coefficient (Wildman–Crippen LogP) is 2.40. The van der Waals surface area contributed by atoms with Gasteiger partial charge in [0.15, 0.2) is 0 Å². The quantitative estimate of drug-likeness (QED) is 0.890. The number of piperazine rings is 1. The highest BCUT2D eigenvalue weighted by molar-refractivity contribution is 5.87.